The van der Waals surface area contributed by atoms with Crippen molar-refractivity contribution >= 4 is 51.5 Å². The van der Waals surface area contributed by atoms with E-state index < -0.39 is 16.7 Å². The molecule has 1 aromatic heterocycles. The molecule has 1 heterocycles. The Morgan fingerprint density at radius 2 is 1.87 bits per heavy atom. The Bertz CT molecular complexity index is 733. The summed E-state index contributed by atoms with van der Waals surface area (Å²) in [5, 5.41) is 11.0. The van der Waals surface area contributed by atoms with E-state index in [1.807, 2.05) is 0 Å². The van der Waals surface area contributed by atoms with Gasteiger partial charge in [0.05, 0.1) is 10.7 Å². The van der Waals surface area contributed by atoms with E-state index in [1.54, 1.807) is 24.3 Å². The molecule has 23 heavy (non-hydrogen) atoms. The van der Waals surface area contributed by atoms with E-state index in [9.17, 15) is 19.7 Å². The third kappa shape index (κ3) is 5.23. The number of rotatable bonds is 5. The number of thiophene rings is 1. The van der Waals surface area contributed by atoms with Crippen LogP contribution in [-0.4, -0.2) is 22.5 Å². The van der Waals surface area contributed by atoms with Gasteiger partial charge in [-0.1, -0.05) is 22.9 Å². The van der Waals surface area contributed by atoms with Gasteiger partial charge in [-0.05, 0) is 30.3 Å². The number of nitrogens with zero attached hydrogens (tertiary/aromatic N) is 1. The molecule has 1 aromatic carbocycles. The van der Waals surface area contributed by atoms with Crippen LogP contribution in [0.25, 0.3) is 0 Å². The van der Waals surface area contributed by atoms with Gasteiger partial charge in [-0.15, -0.1) is 11.8 Å². The Kier molecular flexibility index (Phi) is 5.97. The normalized spacial score (nSPS) is 10.1. The topological polar surface area (TPSA) is 101 Å². The van der Waals surface area contributed by atoms with E-state index in [1.165, 1.54) is 23.9 Å². The lowest BCUT2D eigenvalue weighted by molar-refractivity contribution is -0.380. The van der Waals surface area contributed by atoms with Gasteiger partial charge >= 0.3 is 5.00 Å². The molecule has 2 aromatic rings. The fraction of sp³-hybridized carbons (Fsp3) is 0.0769. The monoisotopic (exact) mass is 371 g/mol. The van der Waals surface area contributed by atoms with E-state index in [2.05, 4.69) is 10.9 Å². The summed E-state index contributed by atoms with van der Waals surface area (Å²) in [5.74, 6) is -0.899. The maximum atomic E-state index is 11.7. The summed E-state index contributed by atoms with van der Waals surface area (Å²) in [7, 11) is 0. The molecule has 2 rings (SSSR count). The predicted molar refractivity (Wildman–Crippen MR) is 88.8 cm³/mol. The first-order chi connectivity index (χ1) is 11.0. The largest absolute Gasteiger partial charge is 0.324 e. The number of carbonyl (C=O) groups is 2. The Balaban J connectivity index is 1.78. The van der Waals surface area contributed by atoms with E-state index in [0.717, 1.165) is 16.2 Å². The maximum absolute atomic E-state index is 11.7. The Morgan fingerprint density at radius 3 is 2.48 bits per heavy atom. The summed E-state index contributed by atoms with van der Waals surface area (Å²) in [4.78, 5) is 34.4. The van der Waals surface area contributed by atoms with Gasteiger partial charge in [-0.3, -0.25) is 30.6 Å². The lowest BCUT2D eigenvalue weighted by atomic mass is 10.4. The molecule has 0 aliphatic heterocycles. The maximum Gasteiger partial charge on any atom is 0.324 e. The van der Waals surface area contributed by atoms with Crippen LogP contribution in [0.1, 0.15) is 9.67 Å². The first kappa shape index (κ1) is 17.3. The lowest BCUT2D eigenvalue weighted by Crippen LogP contribution is -2.42. The molecular formula is C13H10ClN3O4S2. The van der Waals surface area contributed by atoms with Crippen LogP contribution in [0.4, 0.5) is 5.00 Å². The zero-order valence-corrected chi connectivity index (χ0v) is 13.8. The van der Waals surface area contributed by atoms with Gasteiger partial charge in [0.25, 0.3) is 5.91 Å². The Hall–Kier alpha value is -2.10. The van der Waals surface area contributed by atoms with E-state index >= 15 is 0 Å². The summed E-state index contributed by atoms with van der Waals surface area (Å²) < 4.78 is 0. The van der Waals surface area contributed by atoms with Crippen LogP contribution in [-0.2, 0) is 4.79 Å². The number of carbonyl (C=O) groups excluding carboxylic acids is 2. The van der Waals surface area contributed by atoms with Crippen molar-refractivity contribution in [1.82, 2.24) is 10.9 Å². The molecule has 0 radical (unpaired) electrons. The van der Waals surface area contributed by atoms with Gasteiger partial charge in [0.2, 0.25) is 5.91 Å². The zero-order valence-electron chi connectivity index (χ0n) is 11.4. The van der Waals surface area contributed by atoms with Gasteiger partial charge in [0.1, 0.15) is 4.88 Å². The minimum absolute atomic E-state index is 0.104. The van der Waals surface area contributed by atoms with Crippen molar-refractivity contribution in [2.45, 2.75) is 4.90 Å². The summed E-state index contributed by atoms with van der Waals surface area (Å²) in [6, 6.07) is 9.55. The number of thioether (sulfide) groups is 1. The second kappa shape index (κ2) is 7.95. The van der Waals surface area contributed by atoms with Crippen molar-refractivity contribution in [3.8, 4) is 0 Å². The highest BCUT2D eigenvalue weighted by Gasteiger charge is 2.15. The third-order valence-corrected chi connectivity index (χ3v) is 4.79. The minimum Gasteiger partial charge on any atom is -0.272 e. The van der Waals surface area contributed by atoms with Crippen molar-refractivity contribution in [3.63, 3.8) is 0 Å². The number of benzene rings is 1. The number of hydrogen-bond donors (Lipinski definition) is 2. The van der Waals surface area contributed by atoms with Gasteiger partial charge < -0.3 is 0 Å². The van der Waals surface area contributed by atoms with Gasteiger partial charge in [0, 0.05) is 16.0 Å². The average Bonchev–Trinajstić information content (AvgIpc) is 3.02. The number of halogens is 1. The number of nitro groups is 1. The number of hydrazine groups is 1. The van der Waals surface area contributed by atoms with Crippen molar-refractivity contribution in [1.29, 1.82) is 0 Å². The number of nitrogens with one attached hydrogen (secondary N) is 2. The molecule has 2 amide bonds. The van der Waals surface area contributed by atoms with Crippen LogP contribution >= 0.6 is 34.7 Å². The van der Waals surface area contributed by atoms with Crippen LogP contribution < -0.4 is 10.9 Å². The first-order valence-corrected chi connectivity index (χ1v) is 8.35. The third-order valence-electron chi connectivity index (χ3n) is 2.49. The van der Waals surface area contributed by atoms with Crippen molar-refractivity contribution in [3.05, 3.63) is 56.4 Å². The van der Waals surface area contributed by atoms with E-state index in [0.29, 0.717) is 5.02 Å². The number of amides is 2. The van der Waals surface area contributed by atoms with Gasteiger partial charge in [0.15, 0.2) is 0 Å². The fourth-order valence-corrected chi connectivity index (χ4v) is 2.99. The fourth-order valence-electron chi connectivity index (χ4n) is 1.45. The molecule has 0 spiro atoms. The zero-order chi connectivity index (χ0) is 16.8. The molecule has 0 unspecified atom stereocenters. The molecular weight excluding hydrogens is 362 g/mol. The van der Waals surface area contributed by atoms with Crippen molar-refractivity contribution in [2.75, 3.05) is 5.75 Å². The summed E-state index contributed by atoms with van der Waals surface area (Å²) >= 11 is 7.78. The molecule has 0 aliphatic carbocycles. The summed E-state index contributed by atoms with van der Waals surface area (Å²) in [6.07, 6.45) is 0. The average molecular weight is 372 g/mol. The van der Waals surface area contributed by atoms with Crippen LogP contribution in [0.2, 0.25) is 5.02 Å². The highest BCUT2D eigenvalue weighted by molar-refractivity contribution is 8.00. The molecule has 0 bridgehead atoms. The van der Waals surface area contributed by atoms with E-state index in [-0.39, 0.29) is 15.6 Å². The van der Waals surface area contributed by atoms with Crippen LogP contribution in [0.15, 0.2) is 41.3 Å². The summed E-state index contributed by atoms with van der Waals surface area (Å²) in [6.45, 7) is 0. The summed E-state index contributed by atoms with van der Waals surface area (Å²) in [5.41, 5.74) is 4.46. The molecule has 0 saturated heterocycles. The van der Waals surface area contributed by atoms with Crippen molar-refractivity contribution in [2.24, 2.45) is 0 Å². The standard InChI is InChI=1S/C13H10ClN3O4S2/c14-8-1-3-9(4-2-8)22-7-11(18)15-16-13(19)10-5-6-12(23-10)17(20)21/h1-6H,7H2,(H,15,18)(H,16,19). The first-order valence-electron chi connectivity index (χ1n) is 6.17. The molecule has 2 N–H and O–H groups in total. The molecule has 120 valence electrons. The molecule has 0 saturated carbocycles. The minimum atomic E-state index is -0.604. The molecule has 0 fully saturated rings. The predicted octanol–water partition coefficient (Wildman–Crippen LogP) is 2.86. The van der Waals surface area contributed by atoms with Gasteiger partial charge in [-0.2, -0.15) is 0 Å². The van der Waals surface area contributed by atoms with Crippen LogP contribution in [0.5, 0.6) is 0 Å². The Morgan fingerprint density at radius 1 is 1.17 bits per heavy atom. The van der Waals surface area contributed by atoms with E-state index in [4.69, 9.17) is 11.6 Å². The van der Waals surface area contributed by atoms with Crippen molar-refractivity contribution < 1.29 is 14.5 Å². The quantitative estimate of drug-likeness (QED) is 0.478. The van der Waals surface area contributed by atoms with Gasteiger partial charge in [-0.25, -0.2) is 0 Å². The molecule has 7 nitrogen and oxygen atoms in total. The molecule has 0 atom stereocenters. The SMILES string of the molecule is O=C(CSc1ccc(Cl)cc1)NNC(=O)c1ccc([N+](=O)[O-])s1. The highest BCUT2D eigenvalue weighted by atomic mass is 35.5. The Labute approximate surface area is 144 Å². The number of hydrogen-bond acceptors (Lipinski definition) is 6. The second-order valence-electron chi connectivity index (χ2n) is 4.14. The lowest BCUT2D eigenvalue weighted by Gasteiger charge is -2.06. The van der Waals surface area contributed by atoms with Crippen LogP contribution in [0.3, 0.4) is 0 Å². The highest BCUT2D eigenvalue weighted by Crippen LogP contribution is 2.23. The smallest absolute Gasteiger partial charge is 0.272 e. The van der Waals surface area contributed by atoms with Crippen LogP contribution in [0, 0.1) is 10.1 Å². The molecule has 10 heteroatoms. The molecule has 0 aliphatic rings. The second-order valence-corrected chi connectivity index (χ2v) is 6.69.